The van der Waals surface area contributed by atoms with E-state index in [9.17, 15) is 9.90 Å². The summed E-state index contributed by atoms with van der Waals surface area (Å²) in [6, 6.07) is 0. The van der Waals surface area contributed by atoms with Gasteiger partial charge in [0.2, 0.25) is 5.91 Å². The van der Waals surface area contributed by atoms with Gasteiger partial charge in [-0.15, -0.1) is 24.0 Å². The van der Waals surface area contributed by atoms with Crippen molar-refractivity contribution in [2.45, 2.75) is 18.9 Å². The second-order valence-electron chi connectivity index (χ2n) is 6.80. The van der Waals surface area contributed by atoms with Gasteiger partial charge in [0, 0.05) is 52.1 Å². The molecule has 27 heavy (non-hydrogen) atoms. The van der Waals surface area contributed by atoms with Gasteiger partial charge in [0.1, 0.15) is 0 Å². The molecule has 0 aliphatic carbocycles. The number of halogens is 1. The molecule has 3 N–H and O–H groups in total. The van der Waals surface area contributed by atoms with Crippen LogP contribution in [0.5, 0.6) is 0 Å². The molecule has 2 aliphatic rings. The van der Waals surface area contributed by atoms with Crippen LogP contribution in [-0.2, 0) is 9.53 Å². The molecule has 0 saturated carbocycles. The van der Waals surface area contributed by atoms with E-state index in [0.717, 1.165) is 56.6 Å². The molecule has 0 radical (unpaired) electrons. The van der Waals surface area contributed by atoms with Crippen LogP contribution in [-0.4, -0.2) is 110 Å². The number of guanidine groups is 1. The van der Waals surface area contributed by atoms with Gasteiger partial charge in [0.05, 0.1) is 25.3 Å². The minimum atomic E-state index is -0.659. The summed E-state index contributed by atoms with van der Waals surface area (Å²) in [6.45, 7) is 8.09. The van der Waals surface area contributed by atoms with Gasteiger partial charge in [-0.2, -0.15) is 11.8 Å². The fourth-order valence-corrected chi connectivity index (χ4v) is 4.32. The lowest BCUT2D eigenvalue weighted by Crippen LogP contribution is -2.54. The van der Waals surface area contributed by atoms with E-state index >= 15 is 0 Å². The Morgan fingerprint density at radius 3 is 2.63 bits per heavy atom. The van der Waals surface area contributed by atoms with E-state index in [1.807, 2.05) is 0 Å². The Hall–Kier alpha value is -0.300. The SMILES string of the molecule is CCNC(=NCC1(O)CCSC1)N1CCN(CC(=O)NCCOC)CC1.I. The molecule has 0 aromatic heterocycles. The molecule has 2 rings (SSSR count). The lowest BCUT2D eigenvalue weighted by Gasteiger charge is -2.36. The van der Waals surface area contributed by atoms with Crippen molar-refractivity contribution in [3.05, 3.63) is 0 Å². The monoisotopic (exact) mass is 515 g/mol. The third kappa shape index (κ3) is 8.71. The maximum absolute atomic E-state index is 11.9. The third-order valence-corrected chi connectivity index (χ3v) is 5.84. The molecule has 0 spiro atoms. The zero-order valence-corrected chi connectivity index (χ0v) is 19.6. The number of carbonyl (C=O) groups excluding carboxylic acids is 1. The van der Waals surface area contributed by atoms with Crippen LogP contribution in [0.15, 0.2) is 4.99 Å². The zero-order chi connectivity index (χ0) is 18.8. The number of piperazine rings is 1. The van der Waals surface area contributed by atoms with Crippen LogP contribution in [0, 0.1) is 0 Å². The van der Waals surface area contributed by atoms with Gasteiger partial charge < -0.3 is 25.4 Å². The van der Waals surface area contributed by atoms with Crippen molar-refractivity contribution in [2.24, 2.45) is 4.99 Å². The third-order valence-electron chi connectivity index (χ3n) is 4.61. The van der Waals surface area contributed by atoms with Gasteiger partial charge in [-0.25, -0.2) is 0 Å². The minimum Gasteiger partial charge on any atom is -0.387 e. The number of aliphatic hydroxyl groups is 1. The summed E-state index contributed by atoms with van der Waals surface area (Å²) in [4.78, 5) is 21.0. The summed E-state index contributed by atoms with van der Waals surface area (Å²) >= 11 is 1.79. The van der Waals surface area contributed by atoms with E-state index in [0.29, 0.717) is 26.2 Å². The van der Waals surface area contributed by atoms with Gasteiger partial charge in [0.15, 0.2) is 5.96 Å². The number of aliphatic imine (C=N–C) groups is 1. The average molecular weight is 515 g/mol. The number of ether oxygens (including phenoxy) is 1. The number of amides is 1. The van der Waals surface area contributed by atoms with Crippen LogP contribution in [0.2, 0.25) is 0 Å². The molecule has 1 unspecified atom stereocenters. The van der Waals surface area contributed by atoms with Crippen molar-refractivity contribution in [2.75, 3.05) is 77.6 Å². The molecule has 10 heteroatoms. The Balaban J connectivity index is 0.00000364. The molecule has 158 valence electrons. The highest BCUT2D eigenvalue weighted by Gasteiger charge is 2.32. The second kappa shape index (κ2) is 13.0. The first kappa shape index (κ1) is 24.7. The molecule has 2 saturated heterocycles. The molecular weight excluding hydrogens is 481 g/mol. The zero-order valence-electron chi connectivity index (χ0n) is 16.4. The number of methoxy groups -OCH3 is 1. The Morgan fingerprint density at radius 1 is 1.30 bits per heavy atom. The van der Waals surface area contributed by atoms with Crippen LogP contribution in [0.25, 0.3) is 0 Å². The summed E-state index contributed by atoms with van der Waals surface area (Å²) < 4.78 is 4.94. The second-order valence-corrected chi connectivity index (χ2v) is 7.91. The number of carbonyl (C=O) groups is 1. The standard InChI is InChI=1S/C17H33N5O3S.HI/c1-3-18-16(20-13-17(24)4-11-26-14-17)22-8-6-21(7-9-22)12-15(23)19-5-10-25-2;/h24H,3-14H2,1-2H3,(H,18,20)(H,19,23);1H. The fourth-order valence-electron chi connectivity index (χ4n) is 3.04. The van der Waals surface area contributed by atoms with E-state index in [-0.39, 0.29) is 29.9 Å². The van der Waals surface area contributed by atoms with Crippen molar-refractivity contribution in [1.82, 2.24) is 20.4 Å². The summed E-state index contributed by atoms with van der Waals surface area (Å²) in [5, 5.41) is 16.7. The average Bonchev–Trinajstić information content (AvgIpc) is 3.06. The Labute approximate surface area is 183 Å². The Bertz CT molecular complexity index is 469. The normalized spacial score (nSPS) is 23.8. The highest BCUT2D eigenvalue weighted by atomic mass is 127. The van der Waals surface area contributed by atoms with Crippen LogP contribution < -0.4 is 10.6 Å². The Morgan fingerprint density at radius 2 is 2.04 bits per heavy atom. The van der Waals surface area contributed by atoms with Crippen molar-refractivity contribution in [3.8, 4) is 0 Å². The van der Waals surface area contributed by atoms with E-state index in [1.54, 1.807) is 18.9 Å². The maximum atomic E-state index is 11.9. The smallest absolute Gasteiger partial charge is 0.234 e. The van der Waals surface area contributed by atoms with Gasteiger partial charge in [0.25, 0.3) is 0 Å². The quantitative estimate of drug-likeness (QED) is 0.179. The van der Waals surface area contributed by atoms with E-state index in [2.05, 4.69) is 32.3 Å². The summed E-state index contributed by atoms with van der Waals surface area (Å²) in [7, 11) is 1.62. The first-order chi connectivity index (χ1) is 12.6. The van der Waals surface area contributed by atoms with E-state index in [4.69, 9.17) is 4.74 Å². The molecule has 1 atom stereocenters. The summed E-state index contributed by atoms with van der Waals surface area (Å²) in [6.07, 6.45) is 0.812. The number of nitrogens with one attached hydrogen (secondary N) is 2. The summed E-state index contributed by atoms with van der Waals surface area (Å²) in [5.41, 5.74) is -0.659. The largest absolute Gasteiger partial charge is 0.387 e. The maximum Gasteiger partial charge on any atom is 0.234 e. The van der Waals surface area contributed by atoms with Crippen molar-refractivity contribution >= 4 is 47.6 Å². The predicted octanol–water partition coefficient (Wildman–Crippen LogP) is -0.182. The van der Waals surface area contributed by atoms with Crippen molar-refractivity contribution < 1.29 is 14.6 Å². The molecule has 0 aromatic rings. The molecular formula is C17H34IN5O3S. The summed E-state index contributed by atoms with van der Waals surface area (Å²) in [5.74, 6) is 2.68. The van der Waals surface area contributed by atoms with Gasteiger partial charge in [-0.05, 0) is 19.1 Å². The van der Waals surface area contributed by atoms with Gasteiger partial charge in [-0.1, -0.05) is 0 Å². The van der Waals surface area contributed by atoms with Gasteiger partial charge in [-0.3, -0.25) is 14.7 Å². The molecule has 2 fully saturated rings. The predicted molar refractivity (Wildman–Crippen MR) is 121 cm³/mol. The van der Waals surface area contributed by atoms with E-state index < -0.39 is 5.60 Å². The number of thioether (sulfide) groups is 1. The first-order valence-corrected chi connectivity index (χ1v) is 10.5. The van der Waals surface area contributed by atoms with Crippen LogP contribution in [0.3, 0.4) is 0 Å². The molecule has 8 nitrogen and oxygen atoms in total. The highest BCUT2D eigenvalue weighted by molar-refractivity contribution is 14.0. The molecule has 2 aliphatic heterocycles. The number of hydrogen-bond donors (Lipinski definition) is 3. The minimum absolute atomic E-state index is 0. The van der Waals surface area contributed by atoms with Crippen molar-refractivity contribution in [1.29, 1.82) is 0 Å². The lowest BCUT2D eigenvalue weighted by molar-refractivity contribution is -0.122. The molecule has 2 heterocycles. The first-order valence-electron chi connectivity index (χ1n) is 9.38. The highest BCUT2D eigenvalue weighted by Crippen LogP contribution is 2.27. The lowest BCUT2D eigenvalue weighted by atomic mass is 10.0. The number of rotatable bonds is 8. The van der Waals surface area contributed by atoms with Crippen LogP contribution >= 0.6 is 35.7 Å². The topological polar surface area (TPSA) is 89.4 Å². The van der Waals surface area contributed by atoms with Crippen LogP contribution in [0.4, 0.5) is 0 Å². The fraction of sp³-hybridized carbons (Fsp3) is 0.882. The molecule has 0 bridgehead atoms. The molecule has 1 amide bonds. The van der Waals surface area contributed by atoms with E-state index in [1.165, 1.54) is 0 Å². The van der Waals surface area contributed by atoms with Gasteiger partial charge >= 0.3 is 0 Å². The van der Waals surface area contributed by atoms with Crippen LogP contribution in [0.1, 0.15) is 13.3 Å². The molecule has 0 aromatic carbocycles. The van der Waals surface area contributed by atoms with Crippen molar-refractivity contribution in [3.63, 3.8) is 0 Å². The number of nitrogens with zero attached hydrogens (tertiary/aromatic N) is 3. The Kier molecular flexibility index (Phi) is 11.9. The number of hydrogen-bond acceptors (Lipinski definition) is 6.